The Balaban J connectivity index is 1.95. The summed E-state index contributed by atoms with van der Waals surface area (Å²) in [5.41, 5.74) is 20.1. The van der Waals surface area contributed by atoms with Crippen LogP contribution in [0.2, 0.25) is 0 Å². The van der Waals surface area contributed by atoms with E-state index >= 15 is 0 Å². The van der Waals surface area contributed by atoms with Crippen molar-refractivity contribution in [2.24, 2.45) is 17.3 Å². The van der Waals surface area contributed by atoms with Crippen LogP contribution in [-0.2, 0) is 12.0 Å². The summed E-state index contributed by atoms with van der Waals surface area (Å²) >= 11 is 0. The first kappa shape index (κ1) is 22.3. The van der Waals surface area contributed by atoms with Crippen LogP contribution in [-0.4, -0.2) is 0 Å². The lowest BCUT2D eigenvalue weighted by atomic mass is 9.90. The first-order chi connectivity index (χ1) is 14.7. The largest absolute Gasteiger partial charge is 0.403 e. The van der Waals surface area contributed by atoms with Crippen molar-refractivity contribution in [2.75, 3.05) is 5.01 Å². The van der Waals surface area contributed by atoms with Gasteiger partial charge in [0.05, 0.1) is 16.9 Å². The van der Waals surface area contributed by atoms with Crippen molar-refractivity contribution in [3.05, 3.63) is 114 Å². The standard InChI is InChI=1S/C27H32N4/c1-5-27(4,29)24-11-7-10-22(16-24)23-13-12-20(3)26(17-23)31(30)25(18-28)15-21-9-6-8-19(2)14-21/h5-14,16-18H,1,15,28-30H2,2-4H3/b25-18-. The second-order valence-electron chi connectivity index (χ2n) is 8.26. The minimum atomic E-state index is -0.591. The summed E-state index contributed by atoms with van der Waals surface area (Å²) in [6.45, 7) is 9.94. The molecule has 1 unspecified atom stereocenters. The third-order valence-electron chi connectivity index (χ3n) is 5.68. The number of hydrogen-bond donors (Lipinski definition) is 3. The number of hydrogen-bond acceptors (Lipinski definition) is 4. The number of hydrazine groups is 1. The van der Waals surface area contributed by atoms with Gasteiger partial charge in [-0.1, -0.05) is 66.2 Å². The van der Waals surface area contributed by atoms with Crippen LogP contribution in [0.5, 0.6) is 0 Å². The molecule has 4 nitrogen and oxygen atoms in total. The molecule has 0 radical (unpaired) electrons. The Morgan fingerprint density at radius 3 is 2.39 bits per heavy atom. The molecule has 0 saturated carbocycles. The van der Waals surface area contributed by atoms with Crippen LogP contribution < -0.4 is 22.3 Å². The van der Waals surface area contributed by atoms with Crippen LogP contribution in [0, 0.1) is 13.8 Å². The average Bonchev–Trinajstić information content (AvgIpc) is 2.77. The van der Waals surface area contributed by atoms with Crippen LogP contribution in [0.3, 0.4) is 0 Å². The maximum Gasteiger partial charge on any atom is 0.0607 e. The van der Waals surface area contributed by atoms with E-state index in [1.807, 2.05) is 32.0 Å². The summed E-state index contributed by atoms with van der Waals surface area (Å²) in [4.78, 5) is 0. The highest BCUT2D eigenvalue weighted by Crippen LogP contribution is 2.31. The van der Waals surface area contributed by atoms with Gasteiger partial charge in [0.2, 0.25) is 0 Å². The topological polar surface area (TPSA) is 81.3 Å². The van der Waals surface area contributed by atoms with Crippen molar-refractivity contribution in [3.8, 4) is 11.1 Å². The fraction of sp³-hybridized carbons (Fsp3) is 0.185. The number of aryl methyl sites for hydroxylation is 2. The van der Waals surface area contributed by atoms with E-state index in [9.17, 15) is 0 Å². The lowest BCUT2D eigenvalue weighted by Crippen LogP contribution is -2.32. The molecule has 0 amide bonds. The Hall–Kier alpha value is -3.34. The zero-order valence-electron chi connectivity index (χ0n) is 18.6. The zero-order chi connectivity index (χ0) is 22.6. The van der Waals surface area contributed by atoms with Gasteiger partial charge in [0.1, 0.15) is 0 Å². The van der Waals surface area contributed by atoms with E-state index in [2.05, 4.69) is 62.0 Å². The van der Waals surface area contributed by atoms with Crippen molar-refractivity contribution < 1.29 is 0 Å². The molecule has 0 aliphatic rings. The molecule has 0 spiro atoms. The fourth-order valence-electron chi connectivity index (χ4n) is 3.61. The van der Waals surface area contributed by atoms with Gasteiger partial charge in [-0.15, -0.1) is 6.58 Å². The van der Waals surface area contributed by atoms with Crippen molar-refractivity contribution in [3.63, 3.8) is 0 Å². The van der Waals surface area contributed by atoms with Crippen molar-refractivity contribution in [2.45, 2.75) is 32.7 Å². The Bertz CT molecular complexity index is 1110. The van der Waals surface area contributed by atoms with E-state index < -0.39 is 5.54 Å². The van der Waals surface area contributed by atoms with Gasteiger partial charge in [-0.25, -0.2) is 5.84 Å². The van der Waals surface area contributed by atoms with Gasteiger partial charge in [0.25, 0.3) is 0 Å². The quantitative estimate of drug-likeness (QED) is 0.288. The molecule has 160 valence electrons. The van der Waals surface area contributed by atoms with Gasteiger partial charge in [0, 0.05) is 12.6 Å². The molecule has 0 aliphatic heterocycles. The third kappa shape index (κ3) is 5.05. The maximum absolute atomic E-state index is 6.56. The van der Waals surface area contributed by atoms with Crippen LogP contribution >= 0.6 is 0 Å². The highest BCUT2D eigenvalue weighted by molar-refractivity contribution is 5.72. The molecule has 0 fully saturated rings. The normalized spacial score (nSPS) is 13.5. The smallest absolute Gasteiger partial charge is 0.0607 e. The molecule has 0 aromatic heterocycles. The van der Waals surface area contributed by atoms with Crippen LogP contribution in [0.25, 0.3) is 11.1 Å². The minimum Gasteiger partial charge on any atom is -0.403 e. The first-order valence-corrected chi connectivity index (χ1v) is 10.4. The lowest BCUT2D eigenvalue weighted by molar-refractivity contribution is 0.632. The Labute approximate surface area is 185 Å². The number of benzene rings is 3. The van der Waals surface area contributed by atoms with E-state index in [-0.39, 0.29) is 0 Å². The Morgan fingerprint density at radius 2 is 1.71 bits per heavy atom. The third-order valence-corrected chi connectivity index (χ3v) is 5.68. The minimum absolute atomic E-state index is 0.591. The summed E-state index contributed by atoms with van der Waals surface area (Å²) in [5.74, 6) is 6.56. The molecule has 6 N–H and O–H groups in total. The average molecular weight is 413 g/mol. The Morgan fingerprint density at radius 1 is 1.00 bits per heavy atom. The maximum atomic E-state index is 6.56. The van der Waals surface area contributed by atoms with Gasteiger partial charge in [-0.3, -0.25) is 5.01 Å². The van der Waals surface area contributed by atoms with Gasteiger partial charge >= 0.3 is 0 Å². The van der Waals surface area contributed by atoms with E-state index in [1.54, 1.807) is 17.3 Å². The summed E-state index contributed by atoms with van der Waals surface area (Å²) in [6.07, 6.45) is 4.00. The molecule has 3 aromatic rings. The number of rotatable bonds is 7. The van der Waals surface area contributed by atoms with Crippen LogP contribution in [0.15, 0.2) is 91.3 Å². The Kier molecular flexibility index (Phi) is 6.64. The highest BCUT2D eigenvalue weighted by Gasteiger charge is 2.18. The molecule has 1 atom stereocenters. The molecular formula is C27H32N4. The summed E-state index contributed by atoms with van der Waals surface area (Å²) < 4.78 is 0. The molecule has 3 aromatic carbocycles. The van der Waals surface area contributed by atoms with Gasteiger partial charge in [0.15, 0.2) is 0 Å². The number of nitrogens with zero attached hydrogens (tertiary/aromatic N) is 1. The second-order valence-corrected chi connectivity index (χ2v) is 8.26. The van der Waals surface area contributed by atoms with Gasteiger partial charge < -0.3 is 11.5 Å². The predicted octanol–water partition coefficient (Wildman–Crippen LogP) is 5.05. The molecule has 31 heavy (non-hydrogen) atoms. The summed E-state index contributed by atoms with van der Waals surface area (Å²) in [7, 11) is 0. The predicted molar refractivity (Wildman–Crippen MR) is 132 cm³/mol. The summed E-state index contributed by atoms with van der Waals surface area (Å²) in [6, 6.07) is 22.8. The molecule has 0 saturated heterocycles. The number of allylic oxidation sites excluding steroid dienone is 1. The van der Waals surface area contributed by atoms with E-state index in [0.29, 0.717) is 6.42 Å². The second kappa shape index (κ2) is 9.21. The molecule has 0 aliphatic carbocycles. The first-order valence-electron chi connectivity index (χ1n) is 10.4. The van der Waals surface area contributed by atoms with E-state index in [0.717, 1.165) is 33.6 Å². The van der Waals surface area contributed by atoms with Gasteiger partial charge in [-0.2, -0.15) is 0 Å². The molecule has 0 bridgehead atoms. The molecule has 0 heterocycles. The SMILES string of the molecule is C=CC(C)(N)c1cccc(-c2ccc(C)c(N(N)/C(=C\N)Cc3cccc(C)c3)c2)c1. The van der Waals surface area contributed by atoms with Crippen molar-refractivity contribution in [1.29, 1.82) is 0 Å². The summed E-state index contributed by atoms with van der Waals surface area (Å²) in [5, 5.41) is 1.68. The fourth-order valence-corrected chi connectivity index (χ4v) is 3.61. The van der Waals surface area contributed by atoms with Gasteiger partial charge in [-0.05, 0) is 60.7 Å². The monoisotopic (exact) mass is 412 g/mol. The molecular weight excluding hydrogens is 380 g/mol. The highest BCUT2D eigenvalue weighted by atomic mass is 15.4. The van der Waals surface area contributed by atoms with E-state index in [1.165, 1.54) is 11.1 Å². The molecule has 4 heteroatoms. The number of nitrogens with two attached hydrogens (primary N) is 3. The van der Waals surface area contributed by atoms with Crippen LogP contribution in [0.1, 0.15) is 29.2 Å². The van der Waals surface area contributed by atoms with E-state index in [4.69, 9.17) is 17.3 Å². The zero-order valence-corrected chi connectivity index (χ0v) is 18.6. The van der Waals surface area contributed by atoms with Crippen molar-refractivity contribution in [1.82, 2.24) is 0 Å². The lowest BCUT2D eigenvalue weighted by Gasteiger charge is -2.25. The van der Waals surface area contributed by atoms with Crippen molar-refractivity contribution >= 4 is 5.69 Å². The van der Waals surface area contributed by atoms with Crippen LogP contribution in [0.4, 0.5) is 5.69 Å². The number of anilines is 1. The molecule has 3 rings (SSSR count).